The molecule has 6 heteroatoms. The minimum Gasteiger partial charge on any atom is -0.462 e. The van der Waals surface area contributed by atoms with E-state index in [1.54, 1.807) is 0 Å². The molecular formula is C59H96O6. The van der Waals surface area contributed by atoms with Crippen molar-refractivity contribution in [3.05, 3.63) is 109 Å². The second-order valence-corrected chi connectivity index (χ2v) is 17.0. The third kappa shape index (κ3) is 50.9. The Hall–Kier alpha value is -3.93. The Morgan fingerprint density at radius 3 is 1.08 bits per heavy atom. The topological polar surface area (TPSA) is 78.9 Å². The molecule has 0 aliphatic heterocycles. The summed E-state index contributed by atoms with van der Waals surface area (Å²) in [6.07, 6.45) is 71.1. The van der Waals surface area contributed by atoms with Gasteiger partial charge in [-0.05, 0) is 109 Å². The number of allylic oxidation sites excluding steroid dienone is 18. The van der Waals surface area contributed by atoms with E-state index in [0.29, 0.717) is 19.3 Å². The van der Waals surface area contributed by atoms with Crippen LogP contribution in [0.5, 0.6) is 0 Å². The quantitative estimate of drug-likeness (QED) is 0.0262. The number of esters is 3. The SMILES string of the molecule is CC/C=C\C/C=C\C/C=C\C/C=C\C/C=C\C/C=C\CCC(=O)OCC(COC(=O)CCCC/C=C\C/C=C\CC)OC(=O)CCCCCCCCC/C=C\CCCCCCCCCC. The second kappa shape index (κ2) is 52.7. The van der Waals surface area contributed by atoms with Gasteiger partial charge in [-0.2, -0.15) is 0 Å². The van der Waals surface area contributed by atoms with E-state index >= 15 is 0 Å². The van der Waals surface area contributed by atoms with Crippen molar-refractivity contribution in [3.63, 3.8) is 0 Å². The smallest absolute Gasteiger partial charge is 0.306 e. The zero-order valence-electron chi connectivity index (χ0n) is 42.0. The molecule has 0 saturated carbocycles. The summed E-state index contributed by atoms with van der Waals surface area (Å²) < 4.78 is 16.7. The largest absolute Gasteiger partial charge is 0.462 e. The molecule has 368 valence electrons. The summed E-state index contributed by atoms with van der Waals surface area (Å²) in [5, 5.41) is 0. The maximum atomic E-state index is 12.8. The minimum atomic E-state index is -0.824. The molecule has 1 unspecified atom stereocenters. The number of rotatable bonds is 46. The van der Waals surface area contributed by atoms with E-state index in [4.69, 9.17) is 14.2 Å². The molecule has 65 heavy (non-hydrogen) atoms. The van der Waals surface area contributed by atoms with E-state index in [-0.39, 0.29) is 37.5 Å². The van der Waals surface area contributed by atoms with Gasteiger partial charge in [-0.25, -0.2) is 0 Å². The predicted molar refractivity (Wildman–Crippen MR) is 279 cm³/mol. The molecule has 0 aromatic heterocycles. The van der Waals surface area contributed by atoms with E-state index < -0.39 is 6.10 Å². The monoisotopic (exact) mass is 901 g/mol. The summed E-state index contributed by atoms with van der Waals surface area (Å²) in [5.41, 5.74) is 0. The molecule has 0 heterocycles. The Labute approximate surface area is 400 Å². The Balaban J connectivity index is 4.45. The van der Waals surface area contributed by atoms with Crippen LogP contribution in [0.15, 0.2) is 109 Å². The fraction of sp³-hybridized carbons (Fsp3) is 0.644. The van der Waals surface area contributed by atoms with Gasteiger partial charge in [-0.3, -0.25) is 14.4 Å². The fourth-order valence-corrected chi connectivity index (χ4v) is 6.85. The van der Waals surface area contributed by atoms with Gasteiger partial charge in [0.05, 0.1) is 0 Å². The molecule has 0 aliphatic rings. The van der Waals surface area contributed by atoms with Crippen LogP contribution in [0, 0.1) is 0 Å². The number of carbonyl (C=O) groups excluding carboxylic acids is 3. The van der Waals surface area contributed by atoms with Gasteiger partial charge in [-0.1, -0.05) is 207 Å². The van der Waals surface area contributed by atoms with Crippen molar-refractivity contribution in [1.29, 1.82) is 0 Å². The van der Waals surface area contributed by atoms with E-state index in [2.05, 4.69) is 118 Å². The highest BCUT2D eigenvalue weighted by atomic mass is 16.6. The van der Waals surface area contributed by atoms with Gasteiger partial charge in [-0.15, -0.1) is 0 Å². The second-order valence-electron chi connectivity index (χ2n) is 17.0. The van der Waals surface area contributed by atoms with E-state index in [1.165, 1.54) is 89.9 Å². The van der Waals surface area contributed by atoms with Crippen LogP contribution in [0.3, 0.4) is 0 Å². The lowest BCUT2D eigenvalue weighted by Crippen LogP contribution is -2.30. The highest BCUT2D eigenvalue weighted by Crippen LogP contribution is 2.13. The summed E-state index contributed by atoms with van der Waals surface area (Å²) in [4.78, 5) is 37.9. The van der Waals surface area contributed by atoms with E-state index in [9.17, 15) is 14.4 Å². The van der Waals surface area contributed by atoms with Gasteiger partial charge in [0, 0.05) is 19.3 Å². The molecule has 0 spiro atoms. The summed E-state index contributed by atoms with van der Waals surface area (Å²) in [5.74, 6) is -1.05. The third-order valence-corrected chi connectivity index (χ3v) is 10.8. The maximum absolute atomic E-state index is 12.8. The molecule has 0 saturated heterocycles. The lowest BCUT2D eigenvalue weighted by molar-refractivity contribution is -0.166. The first-order chi connectivity index (χ1) is 32.0. The molecule has 0 rings (SSSR count). The minimum absolute atomic E-state index is 0.122. The maximum Gasteiger partial charge on any atom is 0.306 e. The normalized spacial score (nSPS) is 13.0. The van der Waals surface area contributed by atoms with Crippen LogP contribution in [0.4, 0.5) is 0 Å². The first-order valence-electron chi connectivity index (χ1n) is 26.4. The Morgan fingerprint density at radius 2 is 0.631 bits per heavy atom. The van der Waals surface area contributed by atoms with Crippen molar-refractivity contribution in [3.8, 4) is 0 Å². The summed E-state index contributed by atoms with van der Waals surface area (Å²) in [7, 11) is 0. The van der Waals surface area contributed by atoms with Gasteiger partial charge in [0.1, 0.15) is 13.2 Å². The third-order valence-electron chi connectivity index (χ3n) is 10.8. The fourth-order valence-electron chi connectivity index (χ4n) is 6.85. The Kier molecular flexibility index (Phi) is 49.5. The van der Waals surface area contributed by atoms with Crippen LogP contribution < -0.4 is 0 Å². The average Bonchev–Trinajstić information content (AvgIpc) is 3.30. The Bertz CT molecular complexity index is 1360. The average molecular weight is 901 g/mol. The van der Waals surface area contributed by atoms with Crippen molar-refractivity contribution in [2.24, 2.45) is 0 Å². The molecule has 0 aromatic carbocycles. The molecule has 0 N–H and O–H groups in total. The molecule has 0 aromatic rings. The zero-order chi connectivity index (χ0) is 47.2. The zero-order valence-corrected chi connectivity index (χ0v) is 42.0. The predicted octanol–water partition coefficient (Wildman–Crippen LogP) is 17.5. The van der Waals surface area contributed by atoms with Crippen LogP contribution in [-0.2, 0) is 28.6 Å². The molecule has 1 atom stereocenters. The van der Waals surface area contributed by atoms with Crippen molar-refractivity contribution < 1.29 is 28.6 Å². The van der Waals surface area contributed by atoms with Crippen molar-refractivity contribution in [2.45, 2.75) is 232 Å². The number of hydrogen-bond acceptors (Lipinski definition) is 6. The molecule has 0 bridgehead atoms. The summed E-state index contributed by atoms with van der Waals surface area (Å²) in [6, 6.07) is 0. The molecule has 0 radical (unpaired) electrons. The number of unbranched alkanes of at least 4 members (excludes halogenated alkanes) is 17. The standard InChI is InChI=1S/C59H96O6/c1-4-7-10-13-16-19-21-23-25-27-29-31-33-35-37-40-43-46-49-52-58(61)64-55-56(54-63-57(60)51-48-45-42-39-18-15-12-9-6-3)65-59(62)53-50-47-44-41-38-36-34-32-30-28-26-24-22-20-17-14-11-8-5-2/h7,9-10,12,16,18-19,23,25,28-31,35,37,39,43,46,56H,4-6,8,11,13-15,17,20-22,24,26-27,32-34,36,38,40-42,44-45,47-55H2,1-3H3/b10-7-,12-9-,19-16-,25-23-,30-28-,31-29-,37-35-,39-18-,46-43-. The van der Waals surface area contributed by atoms with E-state index in [1.807, 2.05) is 12.2 Å². The molecule has 0 fully saturated rings. The van der Waals surface area contributed by atoms with Gasteiger partial charge in [0.25, 0.3) is 0 Å². The summed E-state index contributed by atoms with van der Waals surface area (Å²) in [6.45, 7) is 6.29. The van der Waals surface area contributed by atoms with Gasteiger partial charge in [0.15, 0.2) is 6.10 Å². The van der Waals surface area contributed by atoms with Crippen molar-refractivity contribution >= 4 is 17.9 Å². The molecule has 0 amide bonds. The summed E-state index contributed by atoms with van der Waals surface area (Å²) >= 11 is 0. The first kappa shape index (κ1) is 61.1. The number of ether oxygens (including phenoxy) is 3. The van der Waals surface area contributed by atoms with Crippen LogP contribution in [0.1, 0.15) is 226 Å². The highest BCUT2D eigenvalue weighted by Gasteiger charge is 2.19. The highest BCUT2D eigenvalue weighted by molar-refractivity contribution is 5.71. The molecule has 0 aliphatic carbocycles. The first-order valence-corrected chi connectivity index (χ1v) is 26.4. The lowest BCUT2D eigenvalue weighted by atomic mass is 10.1. The van der Waals surface area contributed by atoms with E-state index in [0.717, 1.165) is 89.9 Å². The lowest BCUT2D eigenvalue weighted by Gasteiger charge is -2.18. The van der Waals surface area contributed by atoms with Crippen molar-refractivity contribution in [1.82, 2.24) is 0 Å². The molecular weight excluding hydrogens is 805 g/mol. The Morgan fingerprint density at radius 1 is 0.323 bits per heavy atom. The van der Waals surface area contributed by atoms with Gasteiger partial charge in [0.2, 0.25) is 0 Å². The van der Waals surface area contributed by atoms with Crippen LogP contribution in [-0.4, -0.2) is 37.2 Å². The van der Waals surface area contributed by atoms with Crippen molar-refractivity contribution in [2.75, 3.05) is 13.2 Å². The number of hydrogen-bond donors (Lipinski definition) is 0. The van der Waals surface area contributed by atoms with Crippen LogP contribution in [0.25, 0.3) is 0 Å². The van der Waals surface area contributed by atoms with Crippen LogP contribution >= 0.6 is 0 Å². The van der Waals surface area contributed by atoms with Gasteiger partial charge >= 0.3 is 17.9 Å². The molecule has 6 nitrogen and oxygen atoms in total. The van der Waals surface area contributed by atoms with Crippen LogP contribution in [0.2, 0.25) is 0 Å². The number of carbonyl (C=O) groups is 3. The van der Waals surface area contributed by atoms with Gasteiger partial charge < -0.3 is 14.2 Å².